The van der Waals surface area contributed by atoms with E-state index in [1.807, 2.05) is 11.4 Å². The first-order chi connectivity index (χ1) is 13.5. The number of ether oxygens (including phenoxy) is 2. The fraction of sp³-hybridized carbons (Fsp3) is 0.500. The van der Waals surface area contributed by atoms with E-state index >= 15 is 0 Å². The number of hydrogen-bond donors (Lipinski definition) is 1. The Hall–Kier alpha value is -1.61. The molecule has 0 unspecified atom stereocenters. The van der Waals surface area contributed by atoms with Gasteiger partial charge >= 0.3 is 0 Å². The molecule has 6 nitrogen and oxygen atoms in total. The molecule has 1 saturated heterocycles. The second-order valence-electron chi connectivity index (χ2n) is 7.41. The number of benzene rings is 1. The van der Waals surface area contributed by atoms with Crippen LogP contribution in [0.4, 0.5) is 0 Å². The summed E-state index contributed by atoms with van der Waals surface area (Å²) in [5.74, 6) is 1.80. The normalized spacial score (nSPS) is 19.5. The van der Waals surface area contributed by atoms with E-state index in [1.165, 1.54) is 4.88 Å². The van der Waals surface area contributed by atoms with Crippen molar-refractivity contribution in [3.63, 3.8) is 0 Å². The molecule has 0 bridgehead atoms. The van der Waals surface area contributed by atoms with Crippen molar-refractivity contribution in [1.82, 2.24) is 9.62 Å². The summed E-state index contributed by atoms with van der Waals surface area (Å²) < 4.78 is 39.6. The zero-order valence-corrected chi connectivity index (χ0v) is 17.6. The summed E-state index contributed by atoms with van der Waals surface area (Å²) in [7, 11) is -3.64. The summed E-state index contributed by atoms with van der Waals surface area (Å²) in [4.78, 5) is 3.80. The lowest BCUT2D eigenvalue weighted by atomic mass is 9.97. The monoisotopic (exact) mass is 422 g/mol. The zero-order valence-electron chi connectivity index (χ0n) is 16.0. The van der Waals surface area contributed by atoms with Crippen LogP contribution in [0.5, 0.6) is 11.5 Å². The Bertz CT molecular complexity index is 891. The van der Waals surface area contributed by atoms with Crippen molar-refractivity contribution in [2.45, 2.75) is 30.7 Å². The Morgan fingerprint density at radius 3 is 2.64 bits per heavy atom. The molecule has 0 radical (unpaired) electrons. The first-order valence-electron chi connectivity index (χ1n) is 9.70. The van der Waals surface area contributed by atoms with E-state index in [4.69, 9.17) is 9.47 Å². The maximum absolute atomic E-state index is 12.9. The highest BCUT2D eigenvalue weighted by Crippen LogP contribution is 2.33. The minimum Gasteiger partial charge on any atom is -0.486 e. The van der Waals surface area contributed by atoms with Gasteiger partial charge in [0.2, 0.25) is 10.0 Å². The number of fused-ring (bicyclic) bond motifs is 1. The van der Waals surface area contributed by atoms with Crippen molar-refractivity contribution in [1.29, 1.82) is 0 Å². The first kappa shape index (κ1) is 19.7. The van der Waals surface area contributed by atoms with Crippen LogP contribution in [0.25, 0.3) is 0 Å². The minimum atomic E-state index is -3.64. The van der Waals surface area contributed by atoms with Gasteiger partial charge in [0, 0.05) is 17.5 Å². The van der Waals surface area contributed by atoms with Crippen LogP contribution in [0.15, 0.2) is 40.6 Å². The molecule has 8 heteroatoms. The minimum absolute atomic E-state index is 0.0551. The smallest absolute Gasteiger partial charge is 0.240 e. The summed E-state index contributed by atoms with van der Waals surface area (Å²) in [6, 6.07) is 8.93. The molecule has 1 aromatic carbocycles. The number of piperidine rings is 1. The molecule has 1 fully saturated rings. The number of nitrogens with zero attached hydrogens (tertiary/aromatic N) is 1. The van der Waals surface area contributed by atoms with Crippen LogP contribution in [0.2, 0.25) is 0 Å². The quantitative estimate of drug-likeness (QED) is 0.774. The number of sulfonamides is 1. The van der Waals surface area contributed by atoms with Crippen LogP contribution in [0, 0.1) is 5.92 Å². The number of likely N-dealkylation sites (tertiary alicyclic amines) is 1. The molecular weight excluding hydrogens is 396 g/mol. The molecule has 1 atom stereocenters. The van der Waals surface area contributed by atoms with E-state index in [0.29, 0.717) is 31.3 Å². The number of rotatable bonds is 6. The average Bonchev–Trinajstić information content (AvgIpc) is 3.23. The third kappa shape index (κ3) is 4.35. The van der Waals surface area contributed by atoms with Crippen molar-refractivity contribution < 1.29 is 17.9 Å². The highest BCUT2D eigenvalue weighted by Gasteiger charge is 2.27. The van der Waals surface area contributed by atoms with Gasteiger partial charge in [-0.05, 0) is 55.4 Å². The second kappa shape index (κ2) is 8.41. The van der Waals surface area contributed by atoms with Gasteiger partial charge in [0.15, 0.2) is 11.5 Å². The molecule has 3 heterocycles. The molecule has 0 amide bonds. The Kier molecular flexibility index (Phi) is 5.91. The van der Waals surface area contributed by atoms with Crippen molar-refractivity contribution in [2.75, 3.05) is 32.8 Å². The van der Waals surface area contributed by atoms with E-state index in [-0.39, 0.29) is 10.9 Å². The summed E-state index contributed by atoms with van der Waals surface area (Å²) in [6.45, 7) is 5.53. The van der Waals surface area contributed by atoms with Crippen molar-refractivity contribution in [3.8, 4) is 11.5 Å². The van der Waals surface area contributed by atoms with Gasteiger partial charge < -0.3 is 9.47 Å². The maximum Gasteiger partial charge on any atom is 0.240 e. The highest BCUT2D eigenvalue weighted by molar-refractivity contribution is 7.89. The predicted octanol–water partition coefficient (Wildman–Crippen LogP) is 3.27. The van der Waals surface area contributed by atoms with Crippen LogP contribution in [-0.4, -0.2) is 46.2 Å². The molecule has 28 heavy (non-hydrogen) atoms. The molecule has 0 saturated carbocycles. The van der Waals surface area contributed by atoms with Crippen LogP contribution in [-0.2, 0) is 10.0 Å². The second-order valence-corrected chi connectivity index (χ2v) is 10.2. The summed E-state index contributed by atoms with van der Waals surface area (Å²) in [5, 5.41) is 2.05. The topological polar surface area (TPSA) is 67.9 Å². The van der Waals surface area contributed by atoms with E-state index in [9.17, 15) is 8.42 Å². The molecule has 1 aromatic heterocycles. The third-order valence-corrected chi connectivity index (χ3v) is 7.82. The summed E-state index contributed by atoms with van der Waals surface area (Å²) >= 11 is 1.68. The molecular formula is C20H26N2O4S2. The van der Waals surface area contributed by atoms with Crippen molar-refractivity contribution in [3.05, 3.63) is 40.6 Å². The van der Waals surface area contributed by atoms with Gasteiger partial charge in [0.25, 0.3) is 0 Å². The Morgan fingerprint density at radius 1 is 1.18 bits per heavy atom. The Labute approximate surface area is 170 Å². The lowest BCUT2D eigenvalue weighted by molar-refractivity contribution is 0.141. The Balaban J connectivity index is 1.50. The lowest BCUT2D eigenvalue weighted by Crippen LogP contribution is -2.41. The van der Waals surface area contributed by atoms with Crippen LogP contribution < -0.4 is 14.2 Å². The van der Waals surface area contributed by atoms with E-state index < -0.39 is 10.0 Å². The van der Waals surface area contributed by atoms with E-state index in [0.717, 1.165) is 31.8 Å². The molecule has 2 aromatic rings. The molecule has 0 spiro atoms. The number of thiophene rings is 1. The fourth-order valence-electron chi connectivity index (χ4n) is 3.69. The number of hydrogen-bond acceptors (Lipinski definition) is 6. The number of nitrogens with one attached hydrogen (secondary N) is 1. The van der Waals surface area contributed by atoms with Crippen LogP contribution in [0.3, 0.4) is 0 Å². The average molecular weight is 423 g/mol. The van der Waals surface area contributed by atoms with E-state index in [1.54, 1.807) is 29.5 Å². The summed E-state index contributed by atoms with van der Waals surface area (Å²) in [5.41, 5.74) is 0. The van der Waals surface area contributed by atoms with E-state index in [2.05, 4.69) is 22.6 Å². The third-order valence-electron chi connectivity index (χ3n) is 5.42. The standard InChI is InChI=1S/C20H26N2O4S2/c1-15-6-8-22(9-7-15)17(20-3-2-12-27-20)14-21-28(23,24)16-4-5-18-19(13-16)26-11-10-25-18/h2-5,12-13,15,17,21H,6-11,14H2,1H3/t17-/m1/s1. The fourth-order valence-corrected chi connectivity index (χ4v) is 5.61. The van der Waals surface area contributed by atoms with Gasteiger partial charge in [-0.1, -0.05) is 13.0 Å². The highest BCUT2D eigenvalue weighted by atomic mass is 32.2. The SMILES string of the molecule is CC1CCN([C@H](CNS(=O)(=O)c2ccc3c(c2)OCCO3)c2cccs2)CC1. The molecule has 1 N–H and O–H groups in total. The summed E-state index contributed by atoms with van der Waals surface area (Å²) in [6.07, 6.45) is 2.30. The molecule has 2 aliphatic rings. The molecule has 0 aliphatic carbocycles. The van der Waals surface area contributed by atoms with Gasteiger partial charge in [-0.3, -0.25) is 4.90 Å². The molecule has 2 aliphatic heterocycles. The van der Waals surface area contributed by atoms with Gasteiger partial charge in [-0.25, -0.2) is 13.1 Å². The lowest BCUT2D eigenvalue weighted by Gasteiger charge is -2.36. The van der Waals surface area contributed by atoms with Gasteiger partial charge in [-0.15, -0.1) is 11.3 Å². The van der Waals surface area contributed by atoms with Gasteiger partial charge in [-0.2, -0.15) is 0 Å². The maximum atomic E-state index is 12.9. The van der Waals surface area contributed by atoms with Crippen molar-refractivity contribution >= 4 is 21.4 Å². The largest absolute Gasteiger partial charge is 0.486 e. The predicted molar refractivity (Wildman–Crippen MR) is 110 cm³/mol. The van der Waals surface area contributed by atoms with Gasteiger partial charge in [0.05, 0.1) is 10.9 Å². The zero-order chi connectivity index (χ0) is 19.6. The first-order valence-corrected chi connectivity index (χ1v) is 12.1. The van der Waals surface area contributed by atoms with Gasteiger partial charge in [0.1, 0.15) is 13.2 Å². The van der Waals surface area contributed by atoms with Crippen molar-refractivity contribution in [2.24, 2.45) is 5.92 Å². The molecule has 4 rings (SSSR count). The molecule has 152 valence electrons. The van der Waals surface area contributed by atoms with Crippen LogP contribution >= 0.6 is 11.3 Å². The Morgan fingerprint density at radius 2 is 1.93 bits per heavy atom. The van der Waals surface area contributed by atoms with Crippen LogP contribution in [0.1, 0.15) is 30.7 Å².